The van der Waals surface area contributed by atoms with Gasteiger partial charge in [-0.2, -0.15) is 0 Å². The summed E-state index contributed by atoms with van der Waals surface area (Å²) in [6, 6.07) is 20.2. The summed E-state index contributed by atoms with van der Waals surface area (Å²) < 4.78 is 9.98. The Balaban J connectivity index is 2.23. The van der Waals surface area contributed by atoms with E-state index in [1.807, 2.05) is 54.6 Å². The number of phenols is 1. The molecule has 4 heteroatoms. The van der Waals surface area contributed by atoms with E-state index < -0.39 is 5.97 Å². The summed E-state index contributed by atoms with van der Waals surface area (Å²) >= 11 is 0. The van der Waals surface area contributed by atoms with Crippen molar-refractivity contribution in [1.29, 1.82) is 0 Å². The van der Waals surface area contributed by atoms with Crippen LogP contribution in [0.5, 0.6) is 11.5 Å². The van der Waals surface area contributed by atoms with Crippen LogP contribution in [0.3, 0.4) is 0 Å². The molecule has 3 aromatic carbocycles. The topological polar surface area (TPSA) is 55.8 Å². The Morgan fingerprint density at radius 1 is 0.880 bits per heavy atom. The lowest BCUT2D eigenvalue weighted by molar-refractivity contribution is 0.0600. The lowest BCUT2D eigenvalue weighted by Crippen LogP contribution is -2.02. The highest BCUT2D eigenvalue weighted by Crippen LogP contribution is 2.40. The van der Waals surface area contributed by atoms with Crippen molar-refractivity contribution in [2.45, 2.75) is 0 Å². The Kier molecular flexibility index (Phi) is 4.70. The average Bonchev–Trinajstić information content (AvgIpc) is 2.67. The van der Waals surface area contributed by atoms with Gasteiger partial charge in [0.2, 0.25) is 0 Å². The SMILES string of the molecule is COC(=O)c1cc(O)c(-c2ccc(OC)cc2)c(-c2ccccc2)c1. The first-order valence-electron chi connectivity index (χ1n) is 7.79. The van der Waals surface area contributed by atoms with Gasteiger partial charge in [0.05, 0.1) is 19.8 Å². The fraction of sp³-hybridized carbons (Fsp3) is 0.0952. The van der Waals surface area contributed by atoms with Crippen LogP contribution < -0.4 is 4.74 Å². The molecule has 0 saturated carbocycles. The van der Waals surface area contributed by atoms with Crippen LogP contribution in [0.15, 0.2) is 66.7 Å². The summed E-state index contributed by atoms with van der Waals surface area (Å²) in [5.74, 6) is 0.261. The number of hydrogen-bond donors (Lipinski definition) is 1. The van der Waals surface area contributed by atoms with Gasteiger partial charge in [0.1, 0.15) is 11.5 Å². The molecule has 3 rings (SSSR count). The molecule has 0 amide bonds. The van der Waals surface area contributed by atoms with E-state index in [-0.39, 0.29) is 5.75 Å². The quantitative estimate of drug-likeness (QED) is 0.713. The van der Waals surface area contributed by atoms with Gasteiger partial charge in [-0.3, -0.25) is 0 Å². The molecule has 0 aromatic heterocycles. The van der Waals surface area contributed by atoms with Crippen molar-refractivity contribution in [2.75, 3.05) is 14.2 Å². The van der Waals surface area contributed by atoms with Crippen LogP contribution in [0.25, 0.3) is 22.3 Å². The molecule has 3 aromatic rings. The van der Waals surface area contributed by atoms with E-state index in [0.29, 0.717) is 11.1 Å². The molecule has 0 spiro atoms. The van der Waals surface area contributed by atoms with Gasteiger partial charge in [0.25, 0.3) is 0 Å². The number of benzene rings is 3. The van der Waals surface area contributed by atoms with Crippen molar-refractivity contribution in [2.24, 2.45) is 0 Å². The van der Waals surface area contributed by atoms with E-state index >= 15 is 0 Å². The van der Waals surface area contributed by atoms with Crippen molar-refractivity contribution in [3.05, 3.63) is 72.3 Å². The third kappa shape index (κ3) is 3.33. The zero-order valence-electron chi connectivity index (χ0n) is 14.0. The predicted molar refractivity (Wildman–Crippen MR) is 96.9 cm³/mol. The van der Waals surface area contributed by atoms with Crippen LogP contribution in [0, 0.1) is 0 Å². The maximum atomic E-state index is 11.9. The number of aromatic hydroxyl groups is 1. The largest absolute Gasteiger partial charge is 0.507 e. The fourth-order valence-electron chi connectivity index (χ4n) is 2.77. The van der Waals surface area contributed by atoms with Gasteiger partial charge >= 0.3 is 5.97 Å². The molecule has 0 radical (unpaired) electrons. The number of methoxy groups -OCH3 is 2. The van der Waals surface area contributed by atoms with E-state index in [4.69, 9.17) is 9.47 Å². The van der Waals surface area contributed by atoms with Gasteiger partial charge in [0, 0.05) is 5.56 Å². The molecule has 0 saturated heterocycles. The average molecular weight is 334 g/mol. The van der Waals surface area contributed by atoms with Gasteiger partial charge in [-0.15, -0.1) is 0 Å². The molecule has 0 aliphatic heterocycles. The number of carbonyl (C=O) groups is 1. The minimum atomic E-state index is -0.492. The van der Waals surface area contributed by atoms with Crippen molar-refractivity contribution >= 4 is 5.97 Å². The first-order chi connectivity index (χ1) is 12.1. The van der Waals surface area contributed by atoms with Crippen LogP contribution in [0.4, 0.5) is 0 Å². The summed E-state index contributed by atoms with van der Waals surface area (Å²) in [5, 5.41) is 10.6. The monoisotopic (exact) mass is 334 g/mol. The molecule has 4 nitrogen and oxygen atoms in total. The fourth-order valence-corrected chi connectivity index (χ4v) is 2.77. The Hall–Kier alpha value is -3.27. The lowest BCUT2D eigenvalue weighted by atomic mass is 9.92. The highest BCUT2D eigenvalue weighted by Gasteiger charge is 2.17. The minimum absolute atomic E-state index is 0.0203. The van der Waals surface area contributed by atoms with Crippen LogP contribution in [0.2, 0.25) is 0 Å². The summed E-state index contributed by atoms with van der Waals surface area (Å²) in [5.41, 5.74) is 3.44. The maximum absolute atomic E-state index is 11.9. The van der Waals surface area contributed by atoms with Crippen molar-refractivity contribution < 1.29 is 19.4 Å². The number of hydrogen-bond acceptors (Lipinski definition) is 4. The molecule has 0 atom stereocenters. The Labute approximate surface area is 146 Å². The Morgan fingerprint density at radius 3 is 2.16 bits per heavy atom. The molecule has 25 heavy (non-hydrogen) atoms. The second kappa shape index (κ2) is 7.09. The molecule has 0 unspecified atom stereocenters. The number of rotatable bonds is 4. The normalized spacial score (nSPS) is 10.3. The smallest absolute Gasteiger partial charge is 0.338 e. The highest BCUT2D eigenvalue weighted by molar-refractivity contribution is 5.96. The van der Waals surface area contributed by atoms with Gasteiger partial charge in [-0.1, -0.05) is 42.5 Å². The maximum Gasteiger partial charge on any atom is 0.338 e. The minimum Gasteiger partial charge on any atom is -0.507 e. The molecular weight excluding hydrogens is 316 g/mol. The second-order valence-electron chi connectivity index (χ2n) is 5.50. The van der Waals surface area contributed by atoms with Crippen LogP contribution in [-0.2, 0) is 4.74 Å². The molecule has 0 heterocycles. The van der Waals surface area contributed by atoms with Gasteiger partial charge in [-0.25, -0.2) is 4.79 Å². The van der Waals surface area contributed by atoms with E-state index in [1.54, 1.807) is 13.2 Å². The highest BCUT2D eigenvalue weighted by atomic mass is 16.5. The molecular formula is C21H18O4. The summed E-state index contributed by atoms with van der Waals surface area (Å²) in [7, 11) is 2.92. The molecule has 1 N–H and O–H groups in total. The standard InChI is InChI=1S/C21H18O4/c1-24-17-10-8-15(9-11-17)20-18(14-6-4-3-5-7-14)12-16(13-19(20)22)21(23)25-2/h3-13,22H,1-2H3. The molecule has 0 fully saturated rings. The van der Waals surface area contributed by atoms with E-state index in [0.717, 1.165) is 22.4 Å². The molecule has 126 valence electrons. The zero-order chi connectivity index (χ0) is 17.8. The lowest BCUT2D eigenvalue weighted by Gasteiger charge is -2.14. The van der Waals surface area contributed by atoms with E-state index in [1.165, 1.54) is 13.2 Å². The Morgan fingerprint density at radius 2 is 1.56 bits per heavy atom. The summed E-state index contributed by atoms with van der Waals surface area (Å²) in [6.45, 7) is 0. The van der Waals surface area contributed by atoms with Crippen LogP contribution in [0.1, 0.15) is 10.4 Å². The first kappa shape index (κ1) is 16.6. The van der Waals surface area contributed by atoms with Crippen molar-refractivity contribution in [1.82, 2.24) is 0 Å². The number of phenolic OH excluding ortho intramolecular Hbond substituents is 1. The summed E-state index contributed by atoms with van der Waals surface area (Å²) in [6.07, 6.45) is 0. The first-order valence-corrected chi connectivity index (χ1v) is 7.79. The zero-order valence-corrected chi connectivity index (χ0v) is 14.0. The number of esters is 1. The van der Waals surface area contributed by atoms with Crippen LogP contribution in [-0.4, -0.2) is 25.3 Å². The Bertz CT molecular complexity index is 884. The van der Waals surface area contributed by atoms with Gasteiger partial charge in [-0.05, 0) is 41.0 Å². The third-order valence-corrected chi connectivity index (χ3v) is 4.00. The molecule has 0 bridgehead atoms. The second-order valence-corrected chi connectivity index (χ2v) is 5.50. The molecule has 0 aliphatic rings. The van der Waals surface area contributed by atoms with E-state index in [9.17, 15) is 9.90 Å². The predicted octanol–water partition coefficient (Wildman–Crippen LogP) is 4.52. The van der Waals surface area contributed by atoms with Gasteiger partial charge in [0.15, 0.2) is 0 Å². The number of carbonyl (C=O) groups excluding carboxylic acids is 1. The third-order valence-electron chi connectivity index (χ3n) is 4.00. The van der Waals surface area contributed by atoms with Gasteiger partial charge < -0.3 is 14.6 Å². The number of ether oxygens (including phenoxy) is 2. The van der Waals surface area contributed by atoms with E-state index in [2.05, 4.69) is 0 Å². The van der Waals surface area contributed by atoms with Crippen molar-refractivity contribution in [3.8, 4) is 33.8 Å². The molecule has 0 aliphatic carbocycles. The van der Waals surface area contributed by atoms with Crippen LogP contribution >= 0.6 is 0 Å². The van der Waals surface area contributed by atoms with Crippen molar-refractivity contribution in [3.63, 3.8) is 0 Å². The summed E-state index contributed by atoms with van der Waals surface area (Å²) in [4.78, 5) is 11.9.